The highest BCUT2D eigenvalue weighted by Crippen LogP contribution is 2.07. The highest BCUT2D eigenvalue weighted by Gasteiger charge is 2.22. The molecule has 7 heteroatoms. The van der Waals surface area contributed by atoms with E-state index < -0.39 is 6.04 Å². The molecule has 1 aliphatic heterocycles. The van der Waals surface area contributed by atoms with Gasteiger partial charge in [0.2, 0.25) is 5.91 Å². The topological polar surface area (TPSA) is 88.0 Å². The van der Waals surface area contributed by atoms with Crippen LogP contribution in [0.5, 0.6) is 0 Å². The SMILES string of the molecule is CCCCn1cc(CNC(=O)N[C@@H]2CCCCNC2=O)c(C)n1. The number of aromatic nitrogens is 2. The van der Waals surface area contributed by atoms with Gasteiger partial charge >= 0.3 is 6.03 Å². The van der Waals surface area contributed by atoms with Crippen LogP contribution in [-0.2, 0) is 17.9 Å². The lowest BCUT2D eigenvalue weighted by Crippen LogP contribution is -2.48. The lowest BCUT2D eigenvalue weighted by Gasteiger charge is -2.15. The first-order valence-corrected chi connectivity index (χ1v) is 8.45. The minimum absolute atomic E-state index is 0.0961. The summed E-state index contributed by atoms with van der Waals surface area (Å²) in [5.41, 5.74) is 1.93. The minimum Gasteiger partial charge on any atom is -0.354 e. The Morgan fingerprint density at radius 3 is 3.09 bits per heavy atom. The molecule has 0 unspecified atom stereocenters. The Kier molecular flexibility index (Phi) is 6.43. The second kappa shape index (κ2) is 8.55. The zero-order valence-electron chi connectivity index (χ0n) is 14.0. The van der Waals surface area contributed by atoms with Crippen molar-refractivity contribution < 1.29 is 9.59 Å². The van der Waals surface area contributed by atoms with Gasteiger partial charge < -0.3 is 16.0 Å². The van der Waals surface area contributed by atoms with Crippen LogP contribution in [0.3, 0.4) is 0 Å². The van der Waals surface area contributed by atoms with Gasteiger partial charge in [-0.05, 0) is 32.6 Å². The first kappa shape index (κ1) is 17.3. The lowest BCUT2D eigenvalue weighted by atomic mass is 10.1. The third-order valence-corrected chi connectivity index (χ3v) is 4.07. The maximum atomic E-state index is 12.0. The van der Waals surface area contributed by atoms with Crippen molar-refractivity contribution >= 4 is 11.9 Å². The predicted octanol–water partition coefficient (Wildman–Crippen LogP) is 1.46. The maximum absolute atomic E-state index is 12.0. The summed E-state index contributed by atoms with van der Waals surface area (Å²) < 4.78 is 1.92. The van der Waals surface area contributed by atoms with Crippen LogP contribution in [0.15, 0.2) is 6.20 Å². The molecule has 1 saturated heterocycles. The number of urea groups is 1. The van der Waals surface area contributed by atoms with Gasteiger partial charge in [0.05, 0.1) is 5.69 Å². The summed E-state index contributed by atoms with van der Waals surface area (Å²) in [5.74, 6) is -0.0961. The summed E-state index contributed by atoms with van der Waals surface area (Å²) >= 11 is 0. The fraction of sp³-hybridized carbons (Fsp3) is 0.688. The average Bonchev–Trinajstić information content (AvgIpc) is 2.76. The maximum Gasteiger partial charge on any atom is 0.315 e. The van der Waals surface area contributed by atoms with Crippen molar-refractivity contribution in [2.75, 3.05) is 6.54 Å². The molecule has 23 heavy (non-hydrogen) atoms. The quantitative estimate of drug-likeness (QED) is 0.741. The summed E-state index contributed by atoms with van der Waals surface area (Å²) in [7, 11) is 0. The molecule has 1 aliphatic rings. The number of hydrogen-bond acceptors (Lipinski definition) is 3. The molecular weight excluding hydrogens is 294 g/mol. The van der Waals surface area contributed by atoms with E-state index in [0.29, 0.717) is 19.5 Å². The van der Waals surface area contributed by atoms with E-state index in [-0.39, 0.29) is 11.9 Å². The molecule has 0 aliphatic carbocycles. The van der Waals surface area contributed by atoms with E-state index in [4.69, 9.17) is 0 Å². The number of unbranched alkanes of at least 4 members (excludes halogenated alkanes) is 1. The Balaban J connectivity index is 1.81. The highest BCUT2D eigenvalue weighted by atomic mass is 16.2. The molecule has 128 valence electrons. The zero-order valence-corrected chi connectivity index (χ0v) is 14.0. The lowest BCUT2D eigenvalue weighted by molar-refractivity contribution is -0.122. The van der Waals surface area contributed by atoms with Gasteiger partial charge in [-0.2, -0.15) is 5.10 Å². The summed E-state index contributed by atoms with van der Waals surface area (Å²) in [6, 6.07) is -0.751. The standard InChI is InChI=1S/C16H27N5O2/c1-3-4-9-21-11-13(12(2)20-21)10-18-16(23)19-14-7-5-6-8-17-15(14)22/h11,14H,3-10H2,1-2H3,(H,17,22)(H2,18,19,23)/t14-/m1/s1. The number of nitrogens with zero attached hydrogens (tertiary/aromatic N) is 2. The number of carbonyl (C=O) groups is 2. The molecule has 0 bridgehead atoms. The largest absolute Gasteiger partial charge is 0.354 e. The Labute approximate surface area is 137 Å². The fourth-order valence-electron chi connectivity index (χ4n) is 2.63. The van der Waals surface area contributed by atoms with Gasteiger partial charge in [0, 0.05) is 31.4 Å². The van der Waals surface area contributed by atoms with Crippen LogP contribution in [-0.4, -0.2) is 34.3 Å². The zero-order chi connectivity index (χ0) is 16.7. The van der Waals surface area contributed by atoms with Gasteiger partial charge in [-0.15, -0.1) is 0 Å². The van der Waals surface area contributed by atoms with Crippen molar-refractivity contribution in [1.82, 2.24) is 25.7 Å². The average molecular weight is 321 g/mol. The van der Waals surface area contributed by atoms with Gasteiger partial charge in [0.25, 0.3) is 0 Å². The van der Waals surface area contributed by atoms with E-state index >= 15 is 0 Å². The second-order valence-electron chi connectivity index (χ2n) is 6.02. The van der Waals surface area contributed by atoms with E-state index in [1.54, 1.807) is 0 Å². The van der Waals surface area contributed by atoms with Crippen LogP contribution in [0.1, 0.15) is 50.3 Å². The Morgan fingerprint density at radius 2 is 2.30 bits per heavy atom. The van der Waals surface area contributed by atoms with Crippen LogP contribution < -0.4 is 16.0 Å². The molecule has 0 saturated carbocycles. The van der Waals surface area contributed by atoms with Crippen molar-refractivity contribution in [2.45, 2.75) is 65.1 Å². The Bertz CT molecular complexity index is 541. The van der Waals surface area contributed by atoms with Crippen LogP contribution in [0.25, 0.3) is 0 Å². The van der Waals surface area contributed by atoms with Crippen molar-refractivity contribution in [1.29, 1.82) is 0 Å². The van der Waals surface area contributed by atoms with Crippen LogP contribution in [0.2, 0.25) is 0 Å². The molecule has 0 aromatic carbocycles. The third-order valence-electron chi connectivity index (χ3n) is 4.07. The smallest absolute Gasteiger partial charge is 0.315 e. The number of rotatable bonds is 6. The Hall–Kier alpha value is -2.05. The fourth-order valence-corrected chi connectivity index (χ4v) is 2.63. The summed E-state index contributed by atoms with van der Waals surface area (Å²) in [5, 5.41) is 12.8. The number of hydrogen-bond donors (Lipinski definition) is 3. The first-order chi connectivity index (χ1) is 11.1. The molecule has 3 N–H and O–H groups in total. The van der Waals surface area contributed by atoms with Gasteiger partial charge in [0.1, 0.15) is 6.04 Å². The number of carbonyl (C=O) groups excluding carboxylic acids is 2. The summed E-state index contributed by atoms with van der Waals surface area (Å²) in [6.45, 7) is 6.08. The van der Waals surface area contributed by atoms with Crippen molar-refractivity contribution in [3.63, 3.8) is 0 Å². The van der Waals surface area contributed by atoms with E-state index in [1.807, 2.05) is 17.8 Å². The van der Waals surface area contributed by atoms with E-state index in [2.05, 4.69) is 28.0 Å². The molecule has 0 spiro atoms. The summed E-state index contributed by atoms with van der Waals surface area (Å²) in [6.07, 6.45) is 6.77. The summed E-state index contributed by atoms with van der Waals surface area (Å²) in [4.78, 5) is 23.8. The van der Waals surface area contributed by atoms with Crippen LogP contribution in [0.4, 0.5) is 4.79 Å². The number of aryl methyl sites for hydroxylation is 2. The van der Waals surface area contributed by atoms with E-state index in [1.165, 1.54) is 0 Å². The van der Waals surface area contributed by atoms with Gasteiger partial charge in [-0.3, -0.25) is 9.48 Å². The van der Waals surface area contributed by atoms with E-state index in [9.17, 15) is 9.59 Å². The number of amides is 3. The number of nitrogens with one attached hydrogen (secondary N) is 3. The molecule has 2 heterocycles. The molecule has 2 rings (SSSR count). The highest BCUT2D eigenvalue weighted by molar-refractivity contribution is 5.87. The Morgan fingerprint density at radius 1 is 1.48 bits per heavy atom. The minimum atomic E-state index is -0.439. The van der Waals surface area contributed by atoms with Gasteiger partial charge in [0.15, 0.2) is 0 Å². The van der Waals surface area contributed by atoms with Gasteiger partial charge in [-0.25, -0.2) is 4.79 Å². The van der Waals surface area contributed by atoms with Crippen molar-refractivity contribution in [3.8, 4) is 0 Å². The monoisotopic (exact) mass is 321 g/mol. The normalized spacial score (nSPS) is 18.2. The van der Waals surface area contributed by atoms with Crippen molar-refractivity contribution in [3.05, 3.63) is 17.5 Å². The molecule has 1 fully saturated rings. The molecule has 3 amide bonds. The second-order valence-corrected chi connectivity index (χ2v) is 6.02. The van der Waals surface area contributed by atoms with Crippen molar-refractivity contribution in [2.24, 2.45) is 0 Å². The van der Waals surface area contributed by atoms with E-state index in [0.717, 1.165) is 43.5 Å². The predicted molar refractivity (Wildman–Crippen MR) is 87.9 cm³/mol. The molecule has 0 radical (unpaired) electrons. The molecule has 1 aromatic rings. The first-order valence-electron chi connectivity index (χ1n) is 8.45. The van der Waals surface area contributed by atoms with Crippen LogP contribution >= 0.6 is 0 Å². The van der Waals surface area contributed by atoms with Gasteiger partial charge in [-0.1, -0.05) is 13.3 Å². The molecular formula is C16H27N5O2. The molecule has 1 aromatic heterocycles. The third kappa shape index (κ3) is 5.26. The van der Waals surface area contributed by atoms with Crippen LogP contribution in [0, 0.1) is 6.92 Å². The molecule has 1 atom stereocenters. The molecule has 7 nitrogen and oxygen atoms in total.